The van der Waals surface area contributed by atoms with Crippen molar-refractivity contribution in [2.75, 3.05) is 13.1 Å². The van der Waals surface area contributed by atoms with Crippen LogP contribution in [0.5, 0.6) is 0 Å². The maximum absolute atomic E-state index is 12.7. The fraction of sp³-hybridized carbons (Fsp3) is 0.444. The molecule has 2 heterocycles. The van der Waals surface area contributed by atoms with Gasteiger partial charge in [0.15, 0.2) is 5.82 Å². The second kappa shape index (κ2) is 6.51. The van der Waals surface area contributed by atoms with Crippen molar-refractivity contribution in [3.8, 4) is 11.4 Å². The Labute approximate surface area is 139 Å². The molecule has 1 aliphatic rings. The molecule has 0 atom stereocenters. The first-order valence-corrected chi connectivity index (χ1v) is 8.07. The summed E-state index contributed by atoms with van der Waals surface area (Å²) in [6.07, 6.45) is -1.61. The van der Waals surface area contributed by atoms with E-state index in [2.05, 4.69) is 28.7 Å². The fourth-order valence-electron chi connectivity index (χ4n) is 2.98. The van der Waals surface area contributed by atoms with Crippen LogP contribution in [-0.4, -0.2) is 28.0 Å². The Kier molecular flexibility index (Phi) is 4.58. The summed E-state index contributed by atoms with van der Waals surface area (Å²) < 4.78 is 38.0. The number of fused-ring (bicyclic) bond motifs is 1. The average Bonchev–Trinajstić information content (AvgIpc) is 2.53. The van der Waals surface area contributed by atoms with Gasteiger partial charge in [-0.05, 0) is 30.0 Å². The highest BCUT2D eigenvalue weighted by Gasteiger charge is 2.30. The van der Waals surface area contributed by atoms with E-state index in [4.69, 9.17) is 0 Å². The van der Waals surface area contributed by atoms with E-state index < -0.39 is 11.7 Å². The molecule has 0 saturated heterocycles. The van der Waals surface area contributed by atoms with Crippen molar-refractivity contribution in [2.45, 2.75) is 33.0 Å². The molecule has 3 nitrogen and oxygen atoms in total. The third-order valence-electron chi connectivity index (χ3n) is 4.12. The zero-order valence-corrected chi connectivity index (χ0v) is 13.8. The quantitative estimate of drug-likeness (QED) is 0.843. The molecule has 0 amide bonds. The highest BCUT2D eigenvalue weighted by molar-refractivity contribution is 5.56. The third kappa shape index (κ3) is 3.75. The van der Waals surface area contributed by atoms with Crippen LogP contribution in [0.3, 0.4) is 0 Å². The maximum atomic E-state index is 12.7. The summed E-state index contributed by atoms with van der Waals surface area (Å²) in [6, 6.07) is 5.00. The Bertz CT molecular complexity index is 708. The van der Waals surface area contributed by atoms with E-state index in [-0.39, 0.29) is 0 Å². The summed E-state index contributed by atoms with van der Waals surface area (Å²) >= 11 is 0. The monoisotopic (exact) mass is 335 g/mol. The summed E-state index contributed by atoms with van der Waals surface area (Å²) in [4.78, 5) is 11.3. The van der Waals surface area contributed by atoms with Crippen LogP contribution in [0.2, 0.25) is 0 Å². The maximum Gasteiger partial charge on any atom is 0.416 e. The zero-order valence-electron chi connectivity index (χ0n) is 13.8. The number of halogens is 3. The van der Waals surface area contributed by atoms with Crippen LogP contribution in [0.4, 0.5) is 13.2 Å². The number of aromatic nitrogens is 2. The standard InChI is InChI=1S/C18H20F3N3/c1-12(2)10-24-8-7-14-9-22-17(23-16(14)11-24)13-3-5-15(6-4-13)18(19,20)21/h3-6,9,12H,7-8,10-11H2,1-2H3. The molecule has 0 aliphatic carbocycles. The largest absolute Gasteiger partial charge is 0.416 e. The second-order valence-electron chi connectivity index (χ2n) is 6.62. The summed E-state index contributed by atoms with van der Waals surface area (Å²) in [5.41, 5.74) is 2.05. The van der Waals surface area contributed by atoms with Crippen molar-refractivity contribution in [3.63, 3.8) is 0 Å². The number of alkyl halides is 3. The molecule has 1 aromatic heterocycles. The Morgan fingerprint density at radius 1 is 1.17 bits per heavy atom. The molecule has 6 heteroatoms. The number of benzene rings is 1. The summed E-state index contributed by atoms with van der Waals surface area (Å²) in [6.45, 7) is 7.14. The molecular formula is C18H20F3N3. The van der Waals surface area contributed by atoms with E-state index in [0.29, 0.717) is 17.3 Å². The van der Waals surface area contributed by atoms with Gasteiger partial charge in [0.05, 0.1) is 11.3 Å². The van der Waals surface area contributed by atoms with Gasteiger partial charge < -0.3 is 0 Å². The lowest BCUT2D eigenvalue weighted by Gasteiger charge is -2.29. The Balaban J connectivity index is 1.83. The normalized spacial score (nSPS) is 15.6. The first-order chi connectivity index (χ1) is 11.3. The molecule has 0 unspecified atom stereocenters. The smallest absolute Gasteiger partial charge is 0.297 e. The number of rotatable bonds is 3. The predicted molar refractivity (Wildman–Crippen MR) is 86.3 cm³/mol. The lowest BCUT2D eigenvalue weighted by atomic mass is 10.0. The molecule has 1 aromatic carbocycles. The van der Waals surface area contributed by atoms with Crippen LogP contribution >= 0.6 is 0 Å². The van der Waals surface area contributed by atoms with Crippen LogP contribution in [0, 0.1) is 5.92 Å². The van der Waals surface area contributed by atoms with E-state index >= 15 is 0 Å². The minimum Gasteiger partial charge on any atom is -0.297 e. The Hall–Kier alpha value is -1.95. The van der Waals surface area contributed by atoms with Gasteiger partial charge in [-0.15, -0.1) is 0 Å². The Morgan fingerprint density at radius 3 is 2.50 bits per heavy atom. The molecule has 0 radical (unpaired) electrons. The topological polar surface area (TPSA) is 29.0 Å². The van der Waals surface area contributed by atoms with Crippen molar-refractivity contribution in [1.82, 2.24) is 14.9 Å². The molecule has 0 fully saturated rings. The van der Waals surface area contributed by atoms with Gasteiger partial charge in [-0.3, -0.25) is 4.90 Å². The van der Waals surface area contributed by atoms with Crippen LogP contribution in [0.15, 0.2) is 30.5 Å². The van der Waals surface area contributed by atoms with Crippen LogP contribution in [0.25, 0.3) is 11.4 Å². The van der Waals surface area contributed by atoms with Gasteiger partial charge in [0, 0.05) is 31.4 Å². The number of hydrogen-bond acceptors (Lipinski definition) is 3. The van der Waals surface area contributed by atoms with Crippen molar-refractivity contribution in [2.24, 2.45) is 5.92 Å². The molecule has 0 spiro atoms. The fourth-order valence-corrected chi connectivity index (χ4v) is 2.98. The van der Waals surface area contributed by atoms with E-state index in [9.17, 15) is 13.2 Å². The predicted octanol–water partition coefficient (Wildman–Crippen LogP) is 4.18. The molecule has 128 valence electrons. The van der Waals surface area contributed by atoms with Gasteiger partial charge in [0.25, 0.3) is 0 Å². The van der Waals surface area contributed by atoms with Gasteiger partial charge in [-0.1, -0.05) is 26.0 Å². The van der Waals surface area contributed by atoms with Crippen LogP contribution in [0.1, 0.15) is 30.7 Å². The zero-order chi connectivity index (χ0) is 17.3. The highest BCUT2D eigenvalue weighted by Crippen LogP contribution is 2.30. The molecule has 0 bridgehead atoms. The molecule has 0 N–H and O–H groups in total. The first-order valence-electron chi connectivity index (χ1n) is 8.07. The minimum atomic E-state index is -4.33. The molecule has 24 heavy (non-hydrogen) atoms. The highest BCUT2D eigenvalue weighted by atomic mass is 19.4. The number of nitrogens with zero attached hydrogens (tertiary/aromatic N) is 3. The lowest BCUT2D eigenvalue weighted by Crippen LogP contribution is -2.34. The average molecular weight is 335 g/mol. The van der Waals surface area contributed by atoms with Crippen LogP contribution < -0.4 is 0 Å². The van der Waals surface area contributed by atoms with Crippen molar-refractivity contribution in [3.05, 3.63) is 47.3 Å². The van der Waals surface area contributed by atoms with E-state index in [1.807, 2.05) is 6.20 Å². The lowest BCUT2D eigenvalue weighted by molar-refractivity contribution is -0.137. The van der Waals surface area contributed by atoms with Gasteiger partial charge in [-0.2, -0.15) is 13.2 Å². The molecule has 1 aliphatic heterocycles. The van der Waals surface area contributed by atoms with Gasteiger partial charge >= 0.3 is 6.18 Å². The summed E-state index contributed by atoms with van der Waals surface area (Å²) in [7, 11) is 0. The summed E-state index contributed by atoms with van der Waals surface area (Å²) in [5.74, 6) is 1.07. The molecule has 0 saturated carbocycles. The van der Waals surface area contributed by atoms with Gasteiger partial charge in [0.1, 0.15) is 0 Å². The minimum absolute atomic E-state index is 0.480. The van der Waals surface area contributed by atoms with E-state index in [0.717, 1.165) is 49.4 Å². The molecule has 2 aromatic rings. The van der Waals surface area contributed by atoms with Gasteiger partial charge in [-0.25, -0.2) is 9.97 Å². The SMILES string of the molecule is CC(C)CN1CCc2cnc(-c3ccc(C(F)(F)F)cc3)nc2C1. The van der Waals surface area contributed by atoms with Crippen molar-refractivity contribution >= 4 is 0 Å². The van der Waals surface area contributed by atoms with E-state index in [1.165, 1.54) is 12.1 Å². The third-order valence-corrected chi connectivity index (χ3v) is 4.12. The van der Waals surface area contributed by atoms with Crippen molar-refractivity contribution in [1.29, 1.82) is 0 Å². The second-order valence-corrected chi connectivity index (χ2v) is 6.62. The number of hydrogen-bond donors (Lipinski definition) is 0. The summed E-state index contributed by atoms with van der Waals surface area (Å²) in [5, 5.41) is 0. The van der Waals surface area contributed by atoms with E-state index in [1.54, 1.807) is 0 Å². The van der Waals surface area contributed by atoms with Gasteiger partial charge in [0.2, 0.25) is 0 Å². The van der Waals surface area contributed by atoms with Crippen molar-refractivity contribution < 1.29 is 13.2 Å². The molecular weight excluding hydrogens is 315 g/mol. The van der Waals surface area contributed by atoms with Crippen LogP contribution in [-0.2, 0) is 19.1 Å². The molecule has 3 rings (SSSR count). The Morgan fingerprint density at radius 2 is 1.88 bits per heavy atom. The first kappa shape index (κ1) is 16.9.